The largest absolute Gasteiger partial charge is 0.850 e. The molecule has 1 N–H and O–H groups in total. The van der Waals surface area contributed by atoms with Gasteiger partial charge in [-0.25, -0.2) is 9.69 Å². The van der Waals surface area contributed by atoms with E-state index in [1.807, 2.05) is 6.92 Å². The molecule has 4 rings (SSSR count). The average molecular weight is 591 g/mol. The molecule has 1 aliphatic carbocycles. The van der Waals surface area contributed by atoms with E-state index >= 15 is 0 Å². The average Bonchev–Trinajstić information content (AvgIpc) is 3.56. The highest BCUT2D eigenvalue weighted by atomic mass is 35.5. The zero-order chi connectivity index (χ0) is 30.7. The standard InChI is InChI=1S/C30H41ClN3O7/c1-9-33(25(37)23-30(40-23)13-12-16(2)14-17(30)3)18-10-11-19(31)20(15-18)32-24(36)21(22(35)28(4,5)6)34-26(38)29(7,8)41-27(34)39/h10-11,15-17,21-23H,9,12-14H2,1-8H3,(H,32,36)/q-1. The second-order valence-corrected chi connectivity index (χ2v) is 13.7. The highest BCUT2D eigenvalue weighted by molar-refractivity contribution is 6.34. The van der Waals surface area contributed by atoms with Gasteiger partial charge in [-0.1, -0.05) is 52.3 Å². The Labute approximate surface area is 246 Å². The number of hydrogen-bond acceptors (Lipinski definition) is 7. The molecule has 2 saturated heterocycles. The Kier molecular flexibility index (Phi) is 8.28. The number of anilines is 2. The van der Waals surface area contributed by atoms with E-state index in [2.05, 4.69) is 19.2 Å². The zero-order valence-electron chi connectivity index (χ0n) is 25.1. The fourth-order valence-electron chi connectivity index (χ4n) is 6.03. The fraction of sp³-hybridized carbons (Fsp3) is 0.667. The molecule has 1 spiro atoms. The smallest absolute Gasteiger partial charge is 0.418 e. The molecule has 1 aromatic carbocycles. The quantitative estimate of drug-likeness (QED) is 0.472. The van der Waals surface area contributed by atoms with Crippen LogP contribution in [0, 0.1) is 17.3 Å². The molecule has 3 fully saturated rings. The van der Waals surface area contributed by atoms with Crippen molar-refractivity contribution in [2.24, 2.45) is 17.3 Å². The summed E-state index contributed by atoms with van der Waals surface area (Å²) in [5.74, 6) is -0.957. The maximum absolute atomic E-state index is 13.6. The molecule has 11 heteroatoms. The van der Waals surface area contributed by atoms with Crippen molar-refractivity contribution in [1.82, 2.24) is 4.90 Å². The monoisotopic (exact) mass is 590 g/mol. The van der Waals surface area contributed by atoms with Crippen molar-refractivity contribution >= 4 is 46.8 Å². The Morgan fingerprint density at radius 1 is 1.24 bits per heavy atom. The second-order valence-electron chi connectivity index (χ2n) is 13.3. The van der Waals surface area contributed by atoms with Crippen LogP contribution in [-0.2, 0) is 23.9 Å². The van der Waals surface area contributed by atoms with Gasteiger partial charge in [0.25, 0.3) is 11.8 Å². The molecule has 3 aliphatic rings. The lowest BCUT2D eigenvalue weighted by Crippen LogP contribution is -2.62. The molecule has 226 valence electrons. The van der Waals surface area contributed by atoms with Crippen LogP contribution < -0.4 is 15.3 Å². The van der Waals surface area contributed by atoms with Gasteiger partial charge >= 0.3 is 6.09 Å². The minimum absolute atomic E-state index is 0.136. The SMILES string of the molecule is CCN(C(=O)C1OC12CCC(C)CC2C)c1ccc(Cl)c(NC(=O)C(C([O-])C(C)(C)C)N2C(=O)OC(C)(C)C2=O)c1. The van der Waals surface area contributed by atoms with Crippen LogP contribution >= 0.6 is 11.6 Å². The van der Waals surface area contributed by atoms with Crippen LogP contribution in [0.15, 0.2) is 18.2 Å². The summed E-state index contributed by atoms with van der Waals surface area (Å²) in [6, 6.07) is 3.07. The van der Waals surface area contributed by atoms with Gasteiger partial charge in [-0.05, 0) is 75.5 Å². The lowest BCUT2D eigenvalue weighted by atomic mass is 9.73. The molecule has 6 unspecified atom stereocenters. The number of rotatable bonds is 7. The Bertz CT molecular complexity index is 1240. The summed E-state index contributed by atoms with van der Waals surface area (Å²) in [4.78, 5) is 55.1. The van der Waals surface area contributed by atoms with E-state index in [9.17, 15) is 24.3 Å². The van der Waals surface area contributed by atoms with Gasteiger partial charge in [-0.2, -0.15) is 0 Å². The Morgan fingerprint density at radius 2 is 1.90 bits per heavy atom. The lowest BCUT2D eigenvalue weighted by Gasteiger charge is -2.43. The molecule has 0 bridgehead atoms. The molecule has 10 nitrogen and oxygen atoms in total. The number of nitrogens with one attached hydrogen (secondary N) is 1. The lowest BCUT2D eigenvalue weighted by molar-refractivity contribution is -0.449. The van der Waals surface area contributed by atoms with Crippen molar-refractivity contribution in [2.45, 2.75) is 104 Å². The summed E-state index contributed by atoms with van der Waals surface area (Å²) >= 11 is 6.44. The van der Waals surface area contributed by atoms with E-state index in [0.717, 1.165) is 19.3 Å². The van der Waals surface area contributed by atoms with E-state index in [0.29, 0.717) is 23.0 Å². The van der Waals surface area contributed by atoms with Gasteiger partial charge in [0.05, 0.1) is 10.7 Å². The molecule has 4 amide bonds. The minimum atomic E-state index is -1.70. The number of ether oxygens (including phenoxy) is 2. The van der Waals surface area contributed by atoms with Gasteiger partial charge in [0.15, 0.2) is 11.7 Å². The van der Waals surface area contributed by atoms with E-state index in [1.165, 1.54) is 13.8 Å². The minimum Gasteiger partial charge on any atom is -0.850 e. The van der Waals surface area contributed by atoms with Crippen molar-refractivity contribution in [3.63, 3.8) is 0 Å². The maximum atomic E-state index is 13.6. The summed E-state index contributed by atoms with van der Waals surface area (Å²) in [6.45, 7) is 14.2. The molecule has 2 aliphatic heterocycles. The predicted molar refractivity (Wildman–Crippen MR) is 152 cm³/mol. The highest BCUT2D eigenvalue weighted by Gasteiger charge is 2.65. The van der Waals surface area contributed by atoms with Gasteiger partial charge < -0.3 is 24.8 Å². The number of epoxide rings is 1. The Morgan fingerprint density at radius 3 is 2.44 bits per heavy atom. The number of amides is 4. The van der Waals surface area contributed by atoms with E-state index in [4.69, 9.17) is 21.1 Å². The highest BCUT2D eigenvalue weighted by Crippen LogP contribution is 2.53. The summed E-state index contributed by atoms with van der Waals surface area (Å²) < 4.78 is 11.2. The number of imide groups is 1. The first-order valence-corrected chi connectivity index (χ1v) is 14.6. The number of cyclic esters (lactones) is 1. The van der Waals surface area contributed by atoms with E-state index < -0.39 is 52.8 Å². The third-order valence-corrected chi connectivity index (χ3v) is 8.96. The predicted octanol–water partition coefficient (Wildman–Crippen LogP) is 4.13. The number of hydrogen-bond donors (Lipinski definition) is 1. The first-order chi connectivity index (χ1) is 18.9. The van der Waals surface area contributed by atoms with Gasteiger partial charge in [0, 0.05) is 12.2 Å². The van der Waals surface area contributed by atoms with Gasteiger partial charge in [-0.3, -0.25) is 14.4 Å². The molecule has 1 saturated carbocycles. The number of nitrogens with zero attached hydrogens (tertiary/aromatic N) is 2. The van der Waals surface area contributed by atoms with Crippen LogP contribution in [0.2, 0.25) is 5.02 Å². The molecule has 41 heavy (non-hydrogen) atoms. The van der Waals surface area contributed by atoms with Crippen LogP contribution in [0.25, 0.3) is 0 Å². The molecular weight excluding hydrogens is 550 g/mol. The first kappa shape index (κ1) is 31.3. The summed E-state index contributed by atoms with van der Waals surface area (Å²) in [7, 11) is 0. The molecule has 1 aromatic rings. The van der Waals surface area contributed by atoms with Crippen LogP contribution in [0.5, 0.6) is 0 Å². The summed E-state index contributed by atoms with van der Waals surface area (Å²) in [6.07, 6.45) is -0.409. The van der Waals surface area contributed by atoms with Crippen molar-refractivity contribution < 1.29 is 33.8 Å². The number of benzene rings is 1. The van der Waals surface area contributed by atoms with E-state index in [-0.39, 0.29) is 22.5 Å². The number of carbonyl (C=O) groups excluding carboxylic acids is 4. The number of halogens is 1. The molecule has 0 aromatic heterocycles. The summed E-state index contributed by atoms with van der Waals surface area (Å²) in [5.41, 5.74) is -2.31. The normalized spacial score (nSPS) is 28.7. The topological polar surface area (TPSA) is 132 Å². The fourth-order valence-corrected chi connectivity index (χ4v) is 6.19. The molecule has 0 radical (unpaired) electrons. The second kappa shape index (κ2) is 10.9. The van der Waals surface area contributed by atoms with Crippen LogP contribution in [0.3, 0.4) is 0 Å². The van der Waals surface area contributed by atoms with Gasteiger partial charge in [0.1, 0.15) is 11.6 Å². The van der Waals surface area contributed by atoms with Crippen molar-refractivity contribution in [2.75, 3.05) is 16.8 Å². The third-order valence-electron chi connectivity index (χ3n) is 8.63. The molecular formula is C30H41ClN3O7-. The third kappa shape index (κ3) is 5.70. The van der Waals surface area contributed by atoms with Gasteiger partial charge in [-0.15, -0.1) is 0 Å². The summed E-state index contributed by atoms with van der Waals surface area (Å²) in [5, 5.41) is 16.3. The van der Waals surface area contributed by atoms with E-state index in [1.54, 1.807) is 43.9 Å². The zero-order valence-corrected chi connectivity index (χ0v) is 25.8. The van der Waals surface area contributed by atoms with Crippen molar-refractivity contribution in [3.8, 4) is 0 Å². The Balaban J connectivity index is 1.59. The van der Waals surface area contributed by atoms with Crippen LogP contribution in [-0.4, -0.2) is 64.7 Å². The van der Waals surface area contributed by atoms with Crippen molar-refractivity contribution in [3.05, 3.63) is 23.2 Å². The van der Waals surface area contributed by atoms with Crippen LogP contribution in [0.1, 0.15) is 74.7 Å². The van der Waals surface area contributed by atoms with Crippen molar-refractivity contribution in [1.29, 1.82) is 0 Å². The number of likely N-dealkylation sites (N-methyl/N-ethyl adjacent to an activating group) is 1. The Hall–Kier alpha value is -2.69. The first-order valence-electron chi connectivity index (χ1n) is 14.3. The maximum Gasteiger partial charge on any atom is 0.418 e. The van der Waals surface area contributed by atoms with Crippen LogP contribution in [0.4, 0.5) is 16.2 Å². The molecule has 6 atom stereocenters. The number of carbonyl (C=O) groups is 4. The molecule has 2 heterocycles. The van der Waals surface area contributed by atoms with Gasteiger partial charge in [0.2, 0.25) is 5.91 Å².